The highest BCUT2D eigenvalue weighted by atomic mass is 79.9. The maximum atomic E-state index is 5.91. The second-order valence-electron chi connectivity index (χ2n) is 4.46. The molecule has 1 atom stereocenters. The van der Waals surface area contributed by atoms with Crippen molar-refractivity contribution in [3.8, 4) is 0 Å². The molecule has 0 bridgehead atoms. The van der Waals surface area contributed by atoms with Gasteiger partial charge in [0.2, 0.25) is 0 Å². The summed E-state index contributed by atoms with van der Waals surface area (Å²) >= 11 is 3.45. The van der Waals surface area contributed by atoms with Crippen LogP contribution in [-0.2, 0) is 6.54 Å². The summed E-state index contributed by atoms with van der Waals surface area (Å²) in [4.78, 5) is 10.5. The molecule has 2 rings (SSSR count). The fourth-order valence-electron chi connectivity index (χ4n) is 2.07. The molecule has 0 aromatic carbocycles. The topological polar surface area (TPSA) is 55.0 Å². The van der Waals surface area contributed by atoms with Crippen LogP contribution < -0.4 is 5.73 Å². The lowest BCUT2D eigenvalue weighted by Gasteiger charge is -2.27. The van der Waals surface area contributed by atoms with Crippen molar-refractivity contribution in [2.75, 3.05) is 13.6 Å². The zero-order valence-electron chi connectivity index (χ0n) is 10.8. The number of nitrogens with zero attached hydrogens (tertiary/aromatic N) is 3. The quantitative estimate of drug-likeness (QED) is 0.919. The summed E-state index contributed by atoms with van der Waals surface area (Å²) in [7, 11) is 2.07. The number of hydrogen-bond donors (Lipinski definition) is 1. The highest BCUT2D eigenvalue weighted by Gasteiger charge is 2.16. The summed E-state index contributed by atoms with van der Waals surface area (Å²) in [5, 5.41) is 0. The van der Waals surface area contributed by atoms with E-state index in [0.29, 0.717) is 6.54 Å². The van der Waals surface area contributed by atoms with E-state index in [1.807, 2.05) is 18.3 Å². The Bertz CT molecular complexity index is 518. The normalized spacial score (nSPS) is 12.6. The average molecular weight is 321 g/mol. The van der Waals surface area contributed by atoms with Gasteiger partial charge >= 0.3 is 0 Å². The maximum absolute atomic E-state index is 5.91. The Balaban J connectivity index is 2.13. The SMILES string of the molecule is CN(Cc1ccncc1)C(CN)c1cncc(Br)c1. The number of pyridine rings is 2. The predicted molar refractivity (Wildman–Crippen MR) is 79.4 cm³/mol. The fraction of sp³-hybridized carbons (Fsp3) is 0.286. The van der Waals surface area contributed by atoms with Crippen molar-refractivity contribution >= 4 is 15.9 Å². The summed E-state index contributed by atoms with van der Waals surface area (Å²) < 4.78 is 0.973. The van der Waals surface area contributed by atoms with Crippen molar-refractivity contribution in [1.82, 2.24) is 14.9 Å². The van der Waals surface area contributed by atoms with Gasteiger partial charge in [-0.15, -0.1) is 0 Å². The molecule has 0 saturated carbocycles. The van der Waals surface area contributed by atoms with E-state index in [1.165, 1.54) is 5.56 Å². The summed E-state index contributed by atoms with van der Waals surface area (Å²) in [5.74, 6) is 0. The third-order valence-electron chi connectivity index (χ3n) is 3.05. The lowest BCUT2D eigenvalue weighted by atomic mass is 10.1. The van der Waals surface area contributed by atoms with E-state index in [0.717, 1.165) is 16.6 Å². The minimum absolute atomic E-state index is 0.151. The average Bonchev–Trinajstić information content (AvgIpc) is 2.41. The highest BCUT2D eigenvalue weighted by molar-refractivity contribution is 9.10. The van der Waals surface area contributed by atoms with Crippen LogP contribution in [0, 0.1) is 0 Å². The van der Waals surface area contributed by atoms with Crippen molar-refractivity contribution in [2.24, 2.45) is 5.73 Å². The number of nitrogens with two attached hydrogens (primary N) is 1. The van der Waals surface area contributed by atoms with Crippen molar-refractivity contribution in [2.45, 2.75) is 12.6 Å². The van der Waals surface area contributed by atoms with Crippen molar-refractivity contribution in [3.05, 3.63) is 58.6 Å². The maximum Gasteiger partial charge on any atom is 0.0486 e. The highest BCUT2D eigenvalue weighted by Crippen LogP contribution is 2.22. The summed E-state index contributed by atoms with van der Waals surface area (Å²) in [6, 6.07) is 6.25. The van der Waals surface area contributed by atoms with Gasteiger partial charge in [-0.2, -0.15) is 0 Å². The van der Waals surface area contributed by atoms with Gasteiger partial charge in [-0.05, 0) is 52.3 Å². The Morgan fingerprint density at radius 3 is 2.63 bits per heavy atom. The lowest BCUT2D eigenvalue weighted by molar-refractivity contribution is 0.241. The Kier molecular flexibility index (Phi) is 5.01. The molecule has 4 nitrogen and oxygen atoms in total. The van der Waals surface area contributed by atoms with Gasteiger partial charge in [-0.1, -0.05) is 0 Å². The molecule has 5 heteroatoms. The fourth-order valence-corrected chi connectivity index (χ4v) is 2.45. The number of hydrogen-bond acceptors (Lipinski definition) is 4. The minimum Gasteiger partial charge on any atom is -0.329 e. The van der Waals surface area contributed by atoms with Gasteiger partial charge in [0.1, 0.15) is 0 Å². The van der Waals surface area contributed by atoms with Gasteiger partial charge < -0.3 is 5.73 Å². The molecule has 0 amide bonds. The Hall–Kier alpha value is -1.30. The largest absolute Gasteiger partial charge is 0.329 e. The van der Waals surface area contributed by atoms with E-state index in [1.54, 1.807) is 18.6 Å². The molecule has 2 N–H and O–H groups in total. The molecule has 100 valence electrons. The van der Waals surface area contributed by atoms with Crippen LogP contribution in [0.2, 0.25) is 0 Å². The summed E-state index contributed by atoms with van der Waals surface area (Å²) in [5.41, 5.74) is 8.25. The molecule has 1 unspecified atom stereocenters. The van der Waals surface area contributed by atoms with Gasteiger partial charge in [-0.25, -0.2) is 0 Å². The first-order valence-corrected chi connectivity index (χ1v) is 6.89. The first-order chi connectivity index (χ1) is 9.20. The summed E-state index contributed by atoms with van der Waals surface area (Å²) in [6.45, 7) is 1.39. The van der Waals surface area contributed by atoms with Gasteiger partial charge in [0.25, 0.3) is 0 Å². The molecular formula is C14H17BrN4. The molecule has 0 aliphatic carbocycles. The van der Waals surface area contributed by atoms with Crippen molar-refractivity contribution in [1.29, 1.82) is 0 Å². The first kappa shape index (κ1) is 14.1. The van der Waals surface area contributed by atoms with Gasteiger partial charge in [-0.3, -0.25) is 14.9 Å². The van der Waals surface area contributed by atoms with Crippen LogP contribution in [0.1, 0.15) is 17.2 Å². The molecule has 2 aromatic rings. The van der Waals surface area contributed by atoms with E-state index >= 15 is 0 Å². The number of halogens is 1. The molecule has 2 aromatic heterocycles. The second kappa shape index (κ2) is 6.75. The van der Waals surface area contributed by atoms with E-state index in [4.69, 9.17) is 5.73 Å². The standard InChI is InChI=1S/C14H17BrN4/c1-19(10-11-2-4-17-5-3-11)14(7-16)12-6-13(15)9-18-8-12/h2-6,8-9,14H,7,10,16H2,1H3. The molecule has 2 heterocycles. The zero-order chi connectivity index (χ0) is 13.7. The van der Waals surface area contributed by atoms with Gasteiger partial charge in [0.15, 0.2) is 0 Å². The molecule has 0 spiro atoms. The smallest absolute Gasteiger partial charge is 0.0486 e. The molecule has 0 saturated heterocycles. The Morgan fingerprint density at radius 2 is 2.00 bits per heavy atom. The van der Waals surface area contributed by atoms with Crippen LogP contribution in [-0.4, -0.2) is 28.5 Å². The van der Waals surface area contributed by atoms with Crippen LogP contribution in [0.3, 0.4) is 0 Å². The van der Waals surface area contributed by atoms with Crippen LogP contribution >= 0.6 is 15.9 Å². The third-order valence-corrected chi connectivity index (χ3v) is 3.48. The third kappa shape index (κ3) is 3.83. The van der Waals surface area contributed by atoms with E-state index < -0.39 is 0 Å². The molecule has 0 aliphatic heterocycles. The summed E-state index contributed by atoms with van der Waals surface area (Å²) in [6.07, 6.45) is 7.26. The Morgan fingerprint density at radius 1 is 1.26 bits per heavy atom. The van der Waals surface area contributed by atoms with Crippen molar-refractivity contribution < 1.29 is 0 Å². The Labute approximate surface area is 121 Å². The molecule has 0 aliphatic rings. The van der Waals surface area contributed by atoms with Gasteiger partial charge in [0, 0.05) is 48.4 Å². The van der Waals surface area contributed by atoms with E-state index in [-0.39, 0.29) is 6.04 Å². The van der Waals surface area contributed by atoms with Crippen molar-refractivity contribution in [3.63, 3.8) is 0 Å². The molecule has 0 fully saturated rings. The van der Waals surface area contributed by atoms with Crippen LogP contribution in [0.4, 0.5) is 0 Å². The second-order valence-corrected chi connectivity index (χ2v) is 5.37. The number of rotatable bonds is 5. The van der Waals surface area contributed by atoms with E-state index in [2.05, 4.69) is 43.9 Å². The molecule has 19 heavy (non-hydrogen) atoms. The van der Waals surface area contributed by atoms with E-state index in [9.17, 15) is 0 Å². The van der Waals surface area contributed by atoms with Crippen LogP contribution in [0.15, 0.2) is 47.5 Å². The molecule has 0 radical (unpaired) electrons. The van der Waals surface area contributed by atoms with Crippen LogP contribution in [0.5, 0.6) is 0 Å². The predicted octanol–water partition coefficient (Wildman–Crippen LogP) is 2.37. The minimum atomic E-state index is 0.151. The number of likely N-dealkylation sites (N-methyl/N-ethyl adjacent to an activating group) is 1. The number of aromatic nitrogens is 2. The van der Waals surface area contributed by atoms with Crippen LogP contribution in [0.25, 0.3) is 0 Å². The first-order valence-electron chi connectivity index (χ1n) is 6.10. The monoisotopic (exact) mass is 320 g/mol. The van der Waals surface area contributed by atoms with Gasteiger partial charge in [0.05, 0.1) is 0 Å². The lowest BCUT2D eigenvalue weighted by Crippen LogP contribution is -2.30. The zero-order valence-corrected chi connectivity index (χ0v) is 12.4. The molecular weight excluding hydrogens is 304 g/mol.